The summed E-state index contributed by atoms with van der Waals surface area (Å²) >= 11 is 0. The van der Waals surface area contributed by atoms with Crippen LogP contribution in [0.25, 0.3) is 0 Å². The zero-order valence-corrected chi connectivity index (χ0v) is 24.9. The maximum Gasteiger partial charge on any atom is 0.259 e. The topological polar surface area (TPSA) is 73.0 Å². The molecule has 1 N–H and O–H groups in total. The van der Waals surface area contributed by atoms with Crippen LogP contribution in [0.4, 0.5) is 20.2 Å². The van der Waals surface area contributed by atoms with Crippen LogP contribution in [0.15, 0.2) is 101 Å². The van der Waals surface area contributed by atoms with E-state index in [1.54, 1.807) is 72.8 Å². The van der Waals surface area contributed by atoms with Gasteiger partial charge < -0.3 is 15.1 Å². The monoisotopic (exact) mass is 614 g/mol. The van der Waals surface area contributed by atoms with Gasteiger partial charge in [-0.1, -0.05) is 42.5 Å². The van der Waals surface area contributed by atoms with E-state index in [-0.39, 0.29) is 23.8 Å². The van der Waals surface area contributed by atoms with Crippen molar-refractivity contribution in [3.63, 3.8) is 0 Å². The number of nitrogens with one attached hydrogen (secondary N) is 1. The summed E-state index contributed by atoms with van der Waals surface area (Å²) in [7, 11) is -1.68. The third-order valence-electron chi connectivity index (χ3n) is 8.06. The molecule has 0 aromatic heterocycles. The highest BCUT2D eigenvalue weighted by Crippen LogP contribution is 2.36. The number of nitrogens with zero attached hydrogens (tertiary/aromatic N) is 3. The van der Waals surface area contributed by atoms with Crippen LogP contribution in [0.2, 0.25) is 0 Å². The van der Waals surface area contributed by atoms with Gasteiger partial charge in [0.25, 0.3) is 11.8 Å². The van der Waals surface area contributed by atoms with Crippen molar-refractivity contribution in [1.29, 1.82) is 0 Å². The van der Waals surface area contributed by atoms with Gasteiger partial charge in [0.15, 0.2) is 0 Å². The highest BCUT2D eigenvalue weighted by Gasteiger charge is 2.32. The van der Waals surface area contributed by atoms with Crippen molar-refractivity contribution < 1.29 is 22.6 Å². The number of carbonyl (C=O) groups is 2. The number of anilines is 2. The summed E-state index contributed by atoms with van der Waals surface area (Å²) < 4.78 is 42.4. The molecule has 4 aromatic carbocycles. The Labute approximate surface area is 257 Å². The molecule has 226 valence electrons. The highest BCUT2D eigenvalue weighted by atomic mass is 32.2. The number of para-hydroxylation sites is 1. The van der Waals surface area contributed by atoms with Crippen molar-refractivity contribution in [2.75, 3.05) is 49.1 Å². The minimum atomic E-state index is -1.68. The highest BCUT2D eigenvalue weighted by molar-refractivity contribution is 7.85. The molecule has 4 aromatic rings. The standard InChI is InChI=1S/C34H32F2N4O3S/c35-27-10-3-1-8-25(27)23-40-30-22-24(14-15-32(30)44(43)31-13-6-2-9-26(31)34(40)42)33(41)37-16-7-17-38-18-20-39(21-19-38)29-12-5-4-11-28(29)36/h1-6,8-15,22H,7,16-21,23H2,(H,37,41)/t44-/m0/s1. The minimum absolute atomic E-state index is 0.0840. The van der Waals surface area contributed by atoms with Crippen LogP contribution in [-0.2, 0) is 17.3 Å². The first-order chi connectivity index (χ1) is 21.4. The molecule has 2 heterocycles. The Bertz CT molecular complexity index is 1720. The fourth-order valence-electron chi connectivity index (χ4n) is 5.69. The van der Waals surface area contributed by atoms with Gasteiger partial charge in [-0.2, -0.15) is 0 Å². The number of benzene rings is 4. The zero-order valence-electron chi connectivity index (χ0n) is 24.0. The Morgan fingerprint density at radius 2 is 1.50 bits per heavy atom. The van der Waals surface area contributed by atoms with Crippen LogP contribution in [0.3, 0.4) is 0 Å². The summed E-state index contributed by atoms with van der Waals surface area (Å²) in [4.78, 5) is 33.5. The molecular formula is C34H32F2N4O3S. The van der Waals surface area contributed by atoms with Crippen molar-refractivity contribution in [3.8, 4) is 0 Å². The van der Waals surface area contributed by atoms with E-state index in [0.717, 1.165) is 39.1 Å². The van der Waals surface area contributed by atoms with E-state index < -0.39 is 22.5 Å². The summed E-state index contributed by atoms with van der Waals surface area (Å²) in [6.45, 7) is 4.22. The lowest BCUT2D eigenvalue weighted by Gasteiger charge is -2.36. The molecule has 2 aliphatic rings. The lowest BCUT2D eigenvalue weighted by atomic mass is 10.1. The van der Waals surface area contributed by atoms with Gasteiger partial charge in [-0.25, -0.2) is 13.0 Å². The maximum absolute atomic E-state index is 14.7. The molecule has 2 aliphatic heterocycles. The predicted molar refractivity (Wildman–Crippen MR) is 166 cm³/mol. The molecular weight excluding hydrogens is 582 g/mol. The molecule has 0 spiro atoms. The number of piperazine rings is 1. The van der Waals surface area contributed by atoms with Crippen molar-refractivity contribution in [2.45, 2.75) is 22.8 Å². The summed E-state index contributed by atoms with van der Waals surface area (Å²) in [5.74, 6) is -1.40. The van der Waals surface area contributed by atoms with Gasteiger partial charge in [0.2, 0.25) is 0 Å². The molecule has 10 heteroatoms. The fourth-order valence-corrected chi connectivity index (χ4v) is 7.03. The molecule has 1 atom stereocenters. The van der Waals surface area contributed by atoms with Crippen molar-refractivity contribution >= 4 is 34.0 Å². The van der Waals surface area contributed by atoms with Crippen LogP contribution in [0, 0.1) is 11.6 Å². The third-order valence-corrected chi connectivity index (χ3v) is 9.56. The van der Waals surface area contributed by atoms with Gasteiger partial charge >= 0.3 is 0 Å². The normalized spacial score (nSPS) is 16.7. The minimum Gasteiger partial charge on any atom is -0.367 e. The number of carbonyl (C=O) groups excluding carboxylic acids is 2. The Hall–Kier alpha value is -4.41. The van der Waals surface area contributed by atoms with Crippen LogP contribution in [0.1, 0.15) is 32.7 Å². The first-order valence-electron chi connectivity index (χ1n) is 14.6. The lowest BCUT2D eigenvalue weighted by molar-refractivity contribution is 0.0947. The van der Waals surface area contributed by atoms with E-state index in [4.69, 9.17) is 0 Å². The van der Waals surface area contributed by atoms with Gasteiger partial charge in [0.1, 0.15) is 11.6 Å². The molecule has 44 heavy (non-hydrogen) atoms. The van der Waals surface area contributed by atoms with Gasteiger partial charge in [-0.15, -0.1) is 0 Å². The van der Waals surface area contributed by atoms with Gasteiger partial charge in [0, 0.05) is 43.9 Å². The summed E-state index contributed by atoms with van der Waals surface area (Å²) in [6.07, 6.45) is 0.730. The first-order valence-corrected chi connectivity index (χ1v) is 15.8. The second-order valence-corrected chi connectivity index (χ2v) is 12.2. The van der Waals surface area contributed by atoms with E-state index in [9.17, 15) is 22.6 Å². The number of amides is 2. The van der Waals surface area contributed by atoms with Gasteiger partial charge in [-0.05, 0) is 61.5 Å². The summed E-state index contributed by atoms with van der Waals surface area (Å²) in [6, 6.07) is 24.5. The second kappa shape index (κ2) is 13.1. The lowest BCUT2D eigenvalue weighted by Crippen LogP contribution is -2.47. The molecule has 0 saturated carbocycles. The number of hydrogen-bond acceptors (Lipinski definition) is 5. The third kappa shape index (κ3) is 6.13. The number of rotatable bonds is 8. The molecule has 7 nitrogen and oxygen atoms in total. The van der Waals surface area contributed by atoms with Crippen LogP contribution < -0.4 is 15.1 Å². The molecule has 0 radical (unpaired) electrons. The first kappa shape index (κ1) is 29.7. The Kier molecular flexibility index (Phi) is 8.81. The maximum atomic E-state index is 14.7. The second-order valence-electron chi connectivity index (χ2n) is 10.8. The molecule has 0 bridgehead atoms. The largest absolute Gasteiger partial charge is 0.367 e. The molecule has 0 unspecified atom stereocenters. The molecule has 2 amide bonds. The van der Waals surface area contributed by atoms with Crippen LogP contribution >= 0.6 is 0 Å². The van der Waals surface area contributed by atoms with E-state index in [1.165, 1.54) is 17.0 Å². The van der Waals surface area contributed by atoms with E-state index >= 15 is 0 Å². The quantitative estimate of drug-likeness (QED) is 0.275. The van der Waals surface area contributed by atoms with E-state index in [2.05, 4.69) is 15.1 Å². The number of hydrogen-bond donors (Lipinski definition) is 1. The van der Waals surface area contributed by atoms with Crippen molar-refractivity contribution in [3.05, 3.63) is 119 Å². The Morgan fingerprint density at radius 1 is 0.795 bits per heavy atom. The summed E-state index contributed by atoms with van der Waals surface area (Å²) in [5.41, 5.74) is 1.84. The molecule has 1 saturated heterocycles. The number of fused-ring (bicyclic) bond motifs is 2. The van der Waals surface area contributed by atoms with E-state index in [1.807, 2.05) is 6.07 Å². The Balaban J connectivity index is 1.13. The predicted octanol–water partition coefficient (Wildman–Crippen LogP) is 5.23. The van der Waals surface area contributed by atoms with Crippen LogP contribution in [-0.4, -0.2) is 60.2 Å². The summed E-state index contributed by atoms with van der Waals surface area (Å²) in [5, 5.41) is 2.95. The Morgan fingerprint density at radius 3 is 2.27 bits per heavy atom. The molecule has 1 fully saturated rings. The van der Waals surface area contributed by atoms with Crippen molar-refractivity contribution in [1.82, 2.24) is 10.2 Å². The van der Waals surface area contributed by atoms with Gasteiger partial charge in [0.05, 0.1) is 44.1 Å². The van der Waals surface area contributed by atoms with Gasteiger partial charge in [-0.3, -0.25) is 14.5 Å². The average molecular weight is 615 g/mol. The average Bonchev–Trinajstić information content (AvgIpc) is 3.13. The molecule has 6 rings (SSSR count). The van der Waals surface area contributed by atoms with Crippen molar-refractivity contribution in [2.24, 2.45) is 0 Å². The number of halogens is 2. The SMILES string of the molecule is O=C(NCCCN1CCN(c2ccccc2F)CC1)c1ccc2c(c1)N(Cc1ccccc1F)C(=O)c1ccccc1[S@@]2=O. The zero-order chi connectivity index (χ0) is 30.6. The fraction of sp³-hybridized carbons (Fsp3) is 0.235. The molecule has 0 aliphatic carbocycles. The van der Waals surface area contributed by atoms with E-state index in [0.29, 0.717) is 38.8 Å². The van der Waals surface area contributed by atoms with Crippen LogP contribution in [0.5, 0.6) is 0 Å². The smallest absolute Gasteiger partial charge is 0.259 e.